The zero-order chi connectivity index (χ0) is 15.5. The van der Waals surface area contributed by atoms with E-state index < -0.39 is 0 Å². The number of rotatable bonds is 11. The average Bonchev–Trinajstić information content (AvgIpc) is 2.35. The molecule has 20 heavy (non-hydrogen) atoms. The van der Waals surface area contributed by atoms with Crippen LogP contribution in [-0.2, 0) is 9.53 Å². The third-order valence-corrected chi connectivity index (χ3v) is 4.36. The minimum atomic E-state index is -0.164. The number of carbonyl (C=O) groups is 1. The quantitative estimate of drug-likeness (QED) is 0.462. The summed E-state index contributed by atoms with van der Waals surface area (Å²) in [5.74, 6) is 1.98. The molecule has 0 aliphatic carbocycles. The van der Waals surface area contributed by atoms with Gasteiger partial charge in [0.05, 0.1) is 0 Å². The number of esters is 1. The lowest BCUT2D eigenvalue weighted by Crippen LogP contribution is -2.20. The third-order valence-electron chi connectivity index (χ3n) is 4.36. The van der Waals surface area contributed by atoms with Gasteiger partial charge in [-0.3, -0.25) is 4.79 Å². The van der Waals surface area contributed by atoms with Crippen molar-refractivity contribution in [3.8, 4) is 0 Å². The maximum absolute atomic E-state index is 10.9. The molecule has 0 radical (unpaired) electrons. The molecule has 2 nitrogen and oxygen atoms in total. The predicted octanol–water partition coefficient (Wildman–Crippen LogP) is 5.60. The Morgan fingerprint density at radius 3 is 2.00 bits per heavy atom. The van der Waals surface area contributed by atoms with Crippen LogP contribution in [0.4, 0.5) is 0 Å². The molecule has 0 N–H and O–H groups in total. The normalized spacial score (nSPS) is 17.3. The van der Waals surface area contributed by atoms with E-state index in [4.69, 9.17) is 4.74 Å². The van der Waals surface area contributed by atoms with Gasteiger partial charge in [0.15, 0.2) is 0 Å². The summed E-state index contributed by atoms with van der Waals surface area (Å²) in [7, 11) is 0. The van der Waals surface area contributed by atoms with Gasteiger partial charge in [-0.15, -0.1) is 0 Å². The molecule has 120 valence electrons. The number of unbranched alkanes of at least 4 members (excludes halogenated alkanes) is 1. The number of ether oxygens (including phenoxy) is 1. The second-order valence-electron chi connectivity index (χ2n) is 6.81. The first-order chi connectivity index (χ1) is 9.36. The van der Waals surface area contributed by atoms with Crippen LogP contribution >= 0.6 is 0 Å². The van der Waals surface area contributed by atoms with E-state index in [-0.39, 0.29) is 12.1 Å². The standard InChI is InChI=1S/C18H36O2/c1-7-8-10-14(2)13-15(3)11-9-12-16(4)17(5)20-18(6)19/h14-17H,7-13H2,1-6H3/t14-,15-,16-,17+/m0/s1. The molecule has 4 atom stereocenters. The van der Waals surface area contributed by atoms with Crippen LogP contribution in [0.15, 0.2) is 0 Å². The van der Waals surface area contributed by atoms with Crippen LogP contribution in [0, 0.1) is 17.8 Å². The molecule has 0 aliphatic heterocycles. The molecule has 0 saturated heterocycles. The molecular formula is C18H36O2. The summed E-state index contributed by atoms with van der Waals surface area (Å²) in [5, 5.41) is 0. The van der Waals surface area contributed by atoms with E-state index in [0.717, 1.165) is 18.3 Å². The Morgan fingerprint density at radius 1 is 0.950 bits per heavy atom. The fourth-order valence-corrected chi connectivity index (χ4v) is 2.88. The van der Waals surface area contributed by atoms with Gasteiger partial charge in [-0.05, 0) is 37.5 Å². The minimum Gasteiger partial charge on any atom is -0.463 e. The molecule has 0 saturated carbocycles. The molecule has 0 spiro atoms. The summed E-state index contributed by atoms with van der Waals surface area (Å²) in [4.78, 5) is 10.9. The first-order valence-corrected chi connectivity index (χ1v) is 8.54. The average molecular weight is 284 g/mol. The van der Waals surface area contributed by atoms with Crippen molar-refractivity contribution >= 4 is 5.97 Å². The fourth-order valence-electron chi connectivity index (χ4n) is 2.88. The smallest absolute Gasteiger partial charge is 0.302 e. The first kappa shape index (κ1) is 19.5. The van der Waals surface area contributed by atoms with E-state index in [9.17, 15) is 4.79 Å². The first-order valence-electron chi connectivity index (χ1n) is 8.54. The Hall–Kier alpha value is -0.530. The van der Waals surface area contributed by atoms with E-state index in [2.05, 4.69) is 27.7 Å². The van der Waals surface area contributed by atoms with Crippen molar-refractivity contribution in [3.05, 3.63) is 0 Å². The van der Waals surface area contributed by atoms with Crippen molar-refractivity contribution in [1.82, 2.24) is 0 Å². The summed E-state index contributed by atoms with van der Waals surface area (Å²) in [6, 6.07) is 0. The number of hydrogen-bond donors (Lipinski definition) is 0. The van der Waals surface area contributed by atoms with Gasteiger partial charge in [0.1, 0.15) is 6.10 Å². The Labute approximate surface area is 126 Å². The van der Waals surface area contributed by atoms with Gasteiger partial charge in [0, 0.05) is 6.92 Å². The molecular weight excluding hydrogens is 248 g/mol. The molecule has 0 bridgehead atoms. The molecule has 0 fully saturated rings. The lowest BCUT2D eigenvalue weighted by atomic mass is 9.88. The van der Waals surface area contributed by atoms with Gasteiger partial charge >= 0.3 is 5.97 Å². The highest BCUT2D eigenvalue weighted by atomic mass is 16.5. The molecule has 0 heterocycles. The summed E-state index contributed by atoms with van der Waals surface area (Å²) in [6.45, 7) is 12.7. The van der Waals surface area contributed by atoms with E-state index in [0.29, 0.717) is 5.92 Å². The summed E-state index contributed by atoms with van der Waals surface area (Å²) in [6.07, 6.45) is 9.15. The Balaban J connectivity index is 3.74. The van der Waals surface area contributed by atoms with E-state index in [1.165, 1.54) is 45.4 Å². The second kappa shape index (κ2) is 11.2. The van der Waals surface area contributed by atoms with Crippen molar-refractivity contribution in [2.75, 3.05) is 0 Å². The van der Waals surface area contributed by atoms with Crippen LogP contribution < -0.4 is 0 Å². The molecule has 0 aromatic carbocycles. The van der Waals surface area contributed by atoms with Crippen molar-refractivity contribution < 1.29 is 9.53 Å². The lowest BCUT2D eigenvalue weighted by molar-refractivity contribution is -0.147. The fraction of sp³-hybridized carbons (Fsp3) is 0.944. The molecule has 0 unspecified atom stereocenters. The maximum atomic E-state index is 10.9. The third kappa shape index (κ3) is 10.3. The maximum Gasteiger partial charge on any atom is 0.302 e. The molecule has 0 amide bonds. The summed E-state index contributed by atoms with van der Waals surface area (Å²) in [5.41, 5.74) is 0. The van der Waals surface area contributed by atoms with Gasteiger partial charge in [0.25, 0.3) is 0 Å². The molecule has 0 rings (SSSR count). The molecule has 0 aliphatic rings. The Bertz CT molecular complexity index is 250. The zero-order valence-electron chi connectivity index (χ0n) is 14.6. The van der Waals surface area contributed by atoms with Crippen LogP contribution in [0.1, 0.15) is 86.5 Å². The van der Waals surface area contributed by atoms with E-state index in [1.54, 1.807) is 0 Å². The van der Waals surface area contributed by atoms with Crippen molar-refractivity contribution in [3.63, 3.8) is 0 Å². The molecule has 0 aromatic heterocycles. The van der Waals surface area contributed by atoms with Gasteiger partial charge < -0.3 is 4.74 Å². The lowest BCUT2D eigenvalue weighted by Gasteiger charge is -2.21. The molecule has 0 aromatic rings. The van der Waals surface area contributed by atoms with Crippen molar-refractivity contribution in [1.29, 1.82) is 0 Å². The summed E-state index contributed by atoms with van der Waals surface area (Å²) < 4.78 is 5.24. The predicted molar refractivity (Wildman–Crippen MR) is 86.7 cm³/mol. The zero-order valence-corrected chi connectivity index (χ0v) is 14.6. The summed E-state index contributed by atoms with van der Waals surface area (Å²) >= 11 is 0. The Kier molecular flexibility index (Phi) is 10.9. The monoisotopic (exact) mass is 284 g/mol. The van der Waals surface area contributed by atoms with Gasteiger partial charge in [0.2, 0.25) is 0 Å². The number of hydrogen-bond acceptors (Lipinski definition) is 2. The van der Waals surface area contributed by atoms with Crippen LogP contribution in [0.5, 0.6) is 0 Å². The largest absolute Gasteiger partial charge is 0.463 e. The topological polar surface area (TPSA) is 26.3 Å². The van der Waals surface area contributed by atoms with Crippen LogP contribution in [-0.4, -0.2) is 12.1 Å². The SMILES string of the molecule is CCCC[C@H](C)C[C@@H](C)CCC[C@H](C)[C@@H](C)OC(C)=O. The number of carbonyl (C=O) groups excluding carboxylic acids is 1. The van der Waals surface area contributed by atoms with Gasteiger partial charge in [-0.25, -0.2) is 0 Å². The van der Waals surface area contributed by atoms with E-state index >= 15 is 0 Å². The van der Waals surface area contributed by atoms with Crippen molar-refractivity contribution in [2.24, 2.45) is 17.8 Å². The van der Waals surface area contributed by atoms with Crippen LogP contribution in [0.3, 0.4) is 0 Å². The van der Waals surface area contributed by atoms with E-state index in [1.807, 2.05) is 6.92 Å². The minimum absolute atomic E-state index is 0.0475. The van der Waals surface area contributed by atoms with Gasteiger partial charge in [-0.2, -0.15) is 0 Å². The van der Waals surface area contributed by atoms with Gasteiger partial charge in [-0.1, -0.05) is 59.8 Å². The highest BCUT2D eigenvalue weighted by Crippen LogP contribution is 2.23. The second-order valence-corrected chi connectivity index (χ2v) is 6.81. The molecule has 2 heteroatoms. The Morgan fingerprint density at radius 2 is 1.50 bits per heavy atom. The highest BCUT2D eigenvalue weighted by molar-refractivity contribution is 5.66. The van der Waals surface area contributed by atoms with Crippen LogP contribution in [0.2, 0.25) is 0 Å². The highest BCUT2D eigenvalue weighted by Gasteiger charge is 2.15. The van der Waals surface area contributed by atoms with Crippen molar-refractivity contribution in [2.45, 2.75) is 92.6 Å². The van der Waals surface area contributed by atoms with Crippen LogP contribution in [0.25, 0.3) is 0 Å².